The predicted molar refractivity (Wildman–Crippen MR) is 96.0 cm³/mol. The van der Waals surface area contributed by atoms with Gasteiger partial charge in [0, 0.05) is 16.8 Å². The Kier molecular flexibility index (Phi) is 5.08. The fourth-order valence-corrected chi connectivity index (χ4v) is 2.75. The first-order valence-corrected chi connectivity index (χ1v) is 8.30. The Morgan fingerprint density at radius 2 is 2.00 bits per heavy atom. The molecule has 0 fully saturated rings. The maximum atomic E-state index is 12.1. The summed E-state index contributed by atoms with van der Waals surface area (Å²) in [5, 5.41) is 8.05. The highest BCUT2D eigenvalue weighted by atomic mass is 32.1. The van der Waals surface area contributed by atoms with Gasteiger partial charge in [-0.1, -0.05) is 6.07 Å². The monoisotopic (exact) mass is 339 g/mol. The molecule has 0 saturated carbocycles. The molecule has 5 nitrogen and oxygen atoms in total. The van der Waals surface area contributed by atoms with Crippen LogP contribution >= 0.6 is 11.3 Å². The lowest BCUT2D eigenvalue weighted by atomic mass is 10.2. The summed E-state index contributed by atoms with van der Waals surface area (Å²) in [6.45, 7) is 0.530. The Balaban J connectivity index is 1.58. The second kappa shape index (κ2) is 7.61. The van der Waals surface area contributed by atoms with Crippen LogP contribution in [0, 0.1) is 0 Å². The van der Waals surface area contributed by atoms with Gasteiger partial charge in [0.1, 0.15) is 11.6 Å². The van der Waals surface area contributed by atoms with Gasteiger partial charge in [0.2, 0.25) is 0 Å². The van der Waals surface area contributed by atoms with Crippen molar-refractivity contribution in [3.63, 3.8) is 0 Å². The van der Waals surface area contributed by atoms with Crippen LogP contribution in [0.15, 0.2) is 60.1 Å². The van der Waals surface area contributed by atoms with E-state index in [2.05, 4.69) is 15.6 Å². The van der Waals surface area contributed by atoms with E-state index in [1.165, 1.54) is 0 Å². The van der Waals surface area contributed by atoms with Crippen molar-refractivity contribution >= 4 is 28.7 Å². The quantitative estimate of drug-likeness (QED) is 0.716. The summed E-state index contributed by atoms with van der Waals surface area (Å²) in [4.78, 5) is 17.5. The Labute approximate surface area is 144 Å². The topological polar surface area (TPSA) is 63.2 Å². The molecule has 0 spiro atoms. The first kappa shape index (κ1) is 16.0. The van der Waals surface area contributed by atoms with Gasteiger partial charge in [-0.15, -0.1) is 11.3 Å². The molecule has 122 valence electrons. The second-order valence-corrected chi connectivity index (χ2v) is 6.08. The minimum atomic E-state index is -0.133. The Bertz CT molecular complexity index is 784. The van der Waals surface area contributed by atoms with Crippen molar-refractivity contribution in [3.05, 3.63) is 70.5 Å². The maximum Gasteiger partial charge on any atom is 0.253 e. The highest BCUT2D eigenvalue weighted by Crippen LogP contribution is 2.18. The highest BCUT2D eigenvalue weighted by molar-refractivity contribution is 7.09. The number of carbonyl (C=O) groups excluding carboxylic acids is 1. The summed E-state index contributed by atoms with van der Waals surface area (Å²) < 4.78 is 5.12. The standard InChI is InChI=1S/C18H17N3O2S/c1-23-15-7-5-14(6-8-15)21-17-9-4-13(11-19-17)18(22)20-12-16-3-2-10-24-16/h2-11H,12H2,1H3,(H,19,21)(H,20,22). The average molecular weight is 339 g/mol. The number of anilines is 2. The van der Waals surface area contributed by atoms with E-state index in [1.807, 2.05) is 41.8 Å². The normalized spacial score (nSPS) is 10.2. The maximum absolute atomic E-state index is 12.1. The van der Waals surface area contributed by atoms with Gasteiger partial charge in [-0.2, -0.15) is 0 Å². The first-order chi connectivity index (χ1) is 11.7. The lowest BCUT2D eigenvalue weighted by molar-refractivity contribution is 0.0951. The van der Waals surface area contributed by atoms with Gasteiger partial charge >= 0.3 is 0 Å². The largest absolute Gasteiger partial charge is 0.497 e. The van der Waals surface area contributed by atoms with E-state index >= 15 is 0 Å². The van der Waals surface area contributed by atoms with Gasteiger partial charge in [0.05, 0.1) is 19.2 Å². The number of carbonyl (C=O) groups is 1. The molecule has 0 radical (unpaired) electrons. The molecule has 3 aromatic rings. The van der Waals surface area contributed by atoms with Crippen LogP contribution in [0.5, 0.6) is 5.75 Å². The molecule has 0 aliphatic carbocycles. The molecule has 2 aromatic heterocycles. The number of rotatable bonds is 6. The van der Waals surface area contributed by atoms with Crippen molar-refractivity contribution in [2.45, 2.75) is 6.54 Å². The van der Waals surface area contributed by atoms with E-state index in [4.69, 9.17) is 4.74 Å². The summed E-state index contributed by atoms with van der Waals surface area (Å²) in [7, 11) is 1.63. The molecule has 2 N–H and O–H groups in total. The molecule has 3 rings (SSSR count). The number of methoxy groups -OCH3 is 1. The van der Waals surface area contributed by atoms with Crippen LogP contribution in [0.3, 0.4) is 0 Å². The Morgan fingerprint density at radius 1 is 1.17 bits per heavy atom. The van der Waals surface area contributed by atoms with E-state index in [9.17, 15) is 4.79 Å². The molecule has 0 aliphatic rings. The fourth-order valence-electron chi connectivity index (χ4n) is 2.11. The number of ether oxygens (including phenoxy) is 1. The van der Waals surface area contributed by atoms with Crippen molar-refractivity contribution in [3.8, 4) is 5.75 Å². The third kappa shape index (κ3) is 4.11. The number of hydrogen-bond acceptors (Lipinski definition) is 5. The van der Waals surface area contributed by atoms with Crippen LogP contribution in [-0.4, -0.2) is 18.0 Å². The van der Waals surface area contributed by atoms with Gasteiger partial charge in [0.25, 0.3) is 5.91 Å². The molecule has 24 heavy (non-hydrogen) atoms. The van der Waals surface area contributed by atoms with E-state index in [1.54, 1.807) is 36.8 Å². The van der Waals surface area contributed by atoms with Crippen molar-refractivity contribution in [2.75, 3.05) is 12.4 Å². The Morgan fingerprint density at radius 3 is 2.62 bits per heavy atom. The molecule has 1 amide bonds. The first-order valence-electron chi connectivity index (χ1n) is 7.42. The number of thiophene rings is 1. The number of nitrogens with one attached hydrogen (secondary N) is 2. The smallest absolute Gasteiger partial charge is 0.253 e. The predicted octanol–water partition coefficient (Wildman–Crippen LogP) is 3.83. The third-order valence-electron chi connectivity index (χ3n) is 3.39. The van der Waals surface area contributed by atoms with Crippen LogP contribution in [0.1, 0.15) is 15.2 Å². The van der Waals surface area contributed by atoms with Crippen LogP contribution in [0.4, 0.5) is 11.5 Å². The zero-order chi connectivity index (χ0) is 16.8. The van der Waals surface area contributed by atoms with Gasteiger partial charge < -0.3 is 15.4 Å². The molecule has 0 atom stereocenters. The molecular weight excluding hydrogens is 322 g/mol. The van der Waals surface area contributed by atoms with Crippen LogP contribution < -0.4 is 15.4 Å². The summed E-state index contributed by atoms with van der Waals surface area (Å²) in [5.41, 5.74) is 1.44. The van der Waals surface area contributed by atoms with Crippen molar-refractivity contribution in [2.24, 2.45) is 0 Å². The number of nitrogens with zero attached hydrogens (tertiary/aromatic N) is 1. The molecule has 0 bridgehead atoms. The van der Waals surface area contributed by atoms with Crippen molar-refractivity contribution in [1.82, 2.24) is 10.3 Å². The Hall–Kier alpha value is -2.86. The molecule has 0 aliphatic heterocycles. The number of pyridine rings is 1. The van der Waals surface area contributed by atoms with E-state index in [0.717, 1.165) is 16.3 Å². The van der Waals surface area contributed by atoms with Gasteiger partial charge in [0.15, 0.2) is 0 Å². The number of aromatic nitrogens is 1. The molecule has 6 heteroatoms. The minimum Gasteiger partial charge on any atom is -0.497 e. The van der Waals surface area contributed by atoms with E-state index < -0.39 is 0 Å². The summed E-state index contributed by atoms with van der Waals surface area (Å²) >= 11 is 1.62. The number of benzene rings is 1. The lowest BCUT2D eigenvalue weighted by Gasteiger charge is -2.08. The highest BCUT2D eigenvalue weighted by Gasteiger charge is 2.06. The van der Waals surface area contributed by atoms with Crippen molar-refractivity contribution < 1.29 is 9.53 Å². The van der Waals surface area contributed by atoms with Gasteiger partial charge in [-0.25, -0.2) is 4.98 Å². The second-order valence-electron chi connectivity index (χ2n) is 5.05. The van der Waals surface area contributed by atoms with E-state index in [-0.39, 0.29) is 5.91 Å². The van der Waals surface area contributed by atoms with Crippen LogP contribution in [-0.2, 0) is 6.54 Å². The number of amides is 1. The zero-order valence-corrected chi connectivity index (χ0v) is 14.0. The fraction of sp³-hybridized carbons (Fsp3) is 0.111. The van der Waals surface area contributed by atoms with E-state index in [0.29, 0.717) is 17.9 Å². The van der Waals surface area contributed by atoms with Crippen LogP contribution in [0.25, 0.3) is 0 Å². The average Bonchev–Trinajstić information content (AvgIpc) is 3.14. The summed E-state index contributed by atoms with van der Waals surface area (Å²) in [5.74, 6) is 1.34. The minimum absolute atomic E-state index is 0.133. The SMILES string of the molecule is COc1ccc(Nc2ccc(C(=O)NCc3cccs3)cn2)cc1. The molecule has 1 aromatic carbocycles. The molecule has 2 heterocycles. The number of hydrogen-bond donors (Lipinski definition) is 2. The summed E-state index contributed by atoms with van der Waals surface area (Å²) in [6, 6.07) is 15.0. The van der Waals surface area contributed by atoms with Gasteiger partial charge in [-0.05, 0) is 47.8 Å². The van der Waals surface area contributed by atoms with Gasteiger partial charge in [-0.3, -0.25) is 4.79 Å². The third-order valence-corrected chi connectivity index (χ3v) is 4.27. The molecule has 0 unspecified atom stereocenters. The zero-order valence-electron chi connectivity index (χ0n) is 13.2. The summed E-state index contributed by atoms with van der Waals surface area (Å²) in [6.07, 6.45) is 1.57. The van der Waals surface area contributed by atoms with Crippen LogP contribution in [0.2, 0.25) is 0 Å². The van der Waals surface area contributed by atoms with Crippen molar-refractivity contribution in [1.29, 1.82) is 0 Å². The molecular formula is C18H17N3O2S. The lowest BCUT2D eigenvalue weighted by Crippen LogP contribution is -2.22. The molecule has 0 saturated heterocycles.